The molecule has 0 saturated carbocycles. The Morgan fingerprint density at radius 1 is 1.50 bits per heavy atom. The molecule has 1 N–H and O–H groups in total. The van der Waals surface area contributed by atoms with Crippen molar-refractivity contribution < 1.29 is 10.0 Å². The van der Waals surface area contributed by atoms with Crippen molar-refractivity contribution in [1.82, 2.24) is 0 Å². The van der Waals surface area contributed by atoms with E-state index in [4.69, 9.17) is 0 Å². The van der Waals surface area contributed by atoms with Crippen molar-refractivity contribution in [2.45, 2.75) is 25.0 Å². The molecular formula is C11H12N2O3. The largest absolute Gasteiger partial charge is 0.391 e. The SMILES string of the molecule is O=[N+]([O-])c1ccc2c(c1)CC1C(O)CCN21. The van der Waals surface area contributed by atoms with Gasteiger partial charge in [-0.05, 0) is 24.5 Å². The molecule has 3 rings (SSSR count). The zero-order chi connectivity index (χ0) is 11.3. The van der Waals surface area contributed by atoms with E-state index in [0.717, 1.165) is 30.6 Å². The monoisotopic (exact) mass is 220 g/mol. The van der Waals surface area contributed by atoms with Crippen molar-refractivity contribution >= 4 is 11.4 Å². The summed E-state index contributed by atoms with van der Waals surface area (Å²) in [5, 5.41) is 20.4. The summed E-state index contributed by atoms with van der Waals surface area (Å²) in [6, 6.07) is 5.08. The zero-order valence-corrected chi connectivity index (χ0v) is 8.67. The van der Waals surface area contributed by atoms with Crippen LogP contribution < -0.4 is 4.90 Å². The number of non-ortho nitro benzene ring substituents is 1. The van der Waals surface area contributed by atoms with Crippen LogP contribution in [0.2, 0.25) is 0 Å². The number of aliphatic hydroxyl groups excluding tert-OH is 1. The lowest BCUT2D eigenvalue weighted by atomic mass is 10.1. The first-order chi connectivity index (χ1) is 7.66. The highest BCUT2D eigenvalue weighted by atomic mass is 16.6. The first-order valence-electron chi connectivity index (χ1n) is 5.39. The van der Waals surface area contributed by atoms with Gasteiger partial charge in [-0.25, -0.2) is 0 Å². The second kappa shape index (κ2) is 3.18. The number of aliphatic hydroxyl groups is 1. The van der Waals surface area contributed by atoms with E-state index in [2.05, 4.69) is 4.90 Å². The van der Waals surface area contributed by atoms with Crippen molar-refractivity contribution in [2.75, 3.05) is 11.4 Å². The van der Waals surface area contributed by atoms with Crippen LogP contribution in [0.15, 0.2) is 18.2 Å². The third-order valence-corrected chi connectivity index (χ3v) is 3.52. The molecule has 1 fully saturated rings. The molecule has 0 radical (unpaired) electrons. The predicted octanol–water partition coefficient (Wildman–Crippen LogP) is 1.09. The molecule has 5 nitrogen and oxygen atoms in total. The lowest BCUT2D eigenvalue weighted by Crippen LogP contribution is -2.31. The number of fused-ring (bicyclic) bond motifs is 3. The van der Waals surface area contributed by atoms with Gasteiger partial charge in [0.05, 0.1) is 17.1 Å². The average molecular weight is 220 g/mol. The summed E-state index contributed by atoms with van der Waals surface area (Å²) in [4.78, 5) is 12.4. The summed E-state index contributed by atoms with van der Waals surface area (Å²) < 4.78 is 0. The molecule has 2 heterocycles. The fourth-order valence-electron chi connectivity index (χ4n) is 2.74. The highest BCUT2D eigenvalue weighted by molar-refractivity contribution is 5.63. The third kappa shape index (κ3) is 1.21. The molecule has 0 aliphatic carbocycles. The van der Waals surface area contributed by atoms with Gasteiger partial charge >= 0.3 is 0 Å². The summed E-state index contributed by atoms with van der Waals surface area (Å²) in [7, 11) is 0. The summed E-state index contributed by atoms with van der Waals surface area (Å²) in [5.74, 6) is 0. The molecule has 1 saturated heterocycles. The van der Waals surface area contributed by atoms with Crippen LogP contribution >= 0.6 is 0 Å². The van der Waals surface area contributed by atoms with Crippen LogP contribution in [-0.2, 0) is 6.42 Å². The van der Waals surface area contributed by atoms with Gasteiger partial charge in [0, 0.05) is 24.4 Å². The highest BCUT2D eigenvalue weighted by Gasteiger charge is 2.39. The van der Waals surface area contributed by atoms with Crippen LogP contribution in [0.5, 0.6) is 0 Å². The number of nitro groups is 1. The first-order valence-corrected chi connectivity index (χ1v) is 5.39. The first kappa shape index (κ1) is 9.59. The lowest BCUT2D eigenvalue weighted by molar-refractivity contribution is -0.384. The van der Waals surface area contributed by atoms with Crippen molar-refractivity contribution in [1.29, 1.82) is 0 Å². The standard InChI is InChI=1S/C11H12N2O3/c14-11-3-4-12-9-2-1-8(13(15)16)5-7(9)6-10(11)12/h1-2,5,10-11,14H,3-4,6H2. The molecule has 16 heavy (non-hydrogen) atoms. The van der Waals surface area contributed by atoms with Gasteiger partial charge in [0.2, 0.25) is 0 Å². The van der Waals surface area contributed by atoms with Gasteiger partial charge in [-0.2, -0.15) is 0 Å². The summed E-state index contributed by atoms with van der Waals surface area (Å²) in [6.07, 6.45) is 1.21. The Balaban J connectivity index is 2.00. The van der Waals surface area contributed by atoms with Crippen molar-refractivity contribution in [2.24, 2.45) is 0 Å². The van der Waals surface area contributed by atoms with E-state index in [9.17, 15) is 15.2 Å². The summed E-state index contributed by atoms with van der Waals surface area (Å²) in [5.41, 5.74) is 2.17. The minimum Gasteiger partial charge on any atom is -0.391 e. The molecule has 1 aromatic rings. The van der Waals surface area contributed by atoms with Gasteiger partial charge in [-0.15, -0.1) is 0 Å². The molecule has 2 atom stereocenters. The summed E-state index contributed by atoms with van der Waals surface area (Å²) >= 11 is 0. The van der Waals surface area contributed by atoms with Crippen LogP contribution in [0.1, 0.15) is 12.0 Å². The van der Waals surface area contributed by atoms with E-state index in [1.807, 2.05) is 0 Å². The highest BCUT2D eigenvalue weighted by Crippen LogP contribution is 2.39. The Labute approximate surface area is 92.5 Å². The quantitative estimate of drug-likeness (QED) is 0.568. The number of hydrogen-bond acceptors (Lipinski definition) is 4. The molecule has 0 aromatic heterocycles. The van der Waals surface area contributed by atoms with E-state index >= 15 is 0 Å². The van der Waals surface area contributed by atoms with Crippen LogP contribution in [0.3, 0.4) is 0 Å². The molecule has 2 aliphatic heterocycles. The smallest absolute Gasteiger partial charge is 0.269 e. The second-order valence-corrected chi connectivity index (χ2v) is 4.39. The zero-order valence-electron chi connectivity index (χ0n) is 8.67. The molecular weight excluding hydrogens is 208 g/mol. The van der Waals surface area contributed by atoms with Crippen LogP contribution in [-0.4, -0.2) is 28.7 Å². The Hall–Kier alpha value is -1.62. The maximum Gasteiger partial charge on any atom is 0.269 e. The van der Waals surface area contributed by atoms with Crippen LogP contribution in [0, 0.1) is 10.1 Å². The Kier molecular flexibility index (Phi) is 1.91. The molecule has 2 unspecified atom stereocenters. The van der Waals surface area contributed by atoms with Gasteiger partial charge in [-0.1, -0.05) is 0 Å². The van der Waals surface area contributed by atoms with Gasteiger partial charge in [0.15, 0.2) is 0 Å². The summed E-state index contributed by atoms with van der Waals surface area (Å²) in [6.45, 7) is 0.844. The average Bonchev–Trinajstić information content (AvgIpc) is 2.78. The van der Waals surface area contributed by atoms with Crippen molar-refractivity contribution in [3.05, 3.63) is 33.9 Å². The fraction of sp³-hybridized carbons (Fsp3) is 0.455. The van der Waals surface area contributed by atoms with Crippen LogP contribution in [0.4, 0.5) is 11.4 Å². The van der Waals surface area contributed by atoms with Gasteiger partial charge < -0.3 is 10.0 Å². The van der Waals surface area contributed by atoms with Gasteiger partial charge in [-0.3, -0.25) is 10.1 Å². The number of nitro benzene ring substituents is 1. The van der Waals surface area contributed by atoms with Crippen LogP contribution in [0.25, 0.3) is 0 Å². The number of rotatable bonds is 1. The number of hydrogen-bond donors (Lipinski definition) is 1. The number of benzene rings is 1. The lowest BCUT2D eigenvalue weighted by Gasteiger charge is -2.19. The molecule has 0 spiro atoms. The molecule has 5 heteroatoms. The Bertz CT molecular complexity index is 461. The maximum atomic E-state index is 10.7. The fourth-order valence-corrected chi connectivity index (χ4v) is 2.74. The van der Waals surface area contributed by atoms with Crippen molar-refractivity contribution in [3.8, 4) is 0 Å². The topological polar surface area (TPSA) is 66.6 Å². The molecule has 1 aromatic carbocycles. The minimum atomic E-state index is -0.375. The molecule has 2 aliphatic rings. The predicted molar refractivity (Wildman–Crippen MR) is 58.6 cm³/mol. The third-order valence-electron chi connectivity index (χ3n) is 3.52. The number of nitrogens with zero attached hydrogens (tertiary/aromatic N) is 2. The normalized spacial score (nSPS) is 26.7. The van der Waals surface area contributed by atoms with E-state index in [-0.39, 0.29) is 22.8 Å². The minimum absolute atomic E-state index is 0.122. The van der Waals surface area contributed by atoms with Crippen molar-refractivity contribution in [3.63, 3.8) is 0 Å². The van der Waals surface area contributed by atoms with E-state index in [1.54, 1.807) is 12.1 Å². The van der Waals surface area contributed by atoms with Gasteiger partial charge in [0.25, 0.3) is 5.69 Å². The molecule has 0 amide bonds. The maximum absolute atomic E-state index is 10.7. The van der Waals surface area contributed by atoms with E-state index in [0.29, 0.717) is 0 Å². The van der Waals surface area contributed by atoms with E-state index < -0.39 is 0 Å². The molecule has 0 bridgehead atoms. The Morgan fingerprint density at radius 3 is 3.06 bits per heavy atom. The molecule has 84 valence electrons. The number of anilines is 1. The Morgan fingerprint density at radius 2 is 2.31 bits per heavy atom. The second-order valence-electron chi connectivity index (χ2n) is 4.39. The van der Waals surface area contributed by atoms with Gasteiger partial charge in [0.1, 0.15) is 0 Å². The van der Waals surface area contributed by atoms with E-state index in [1.165, 1.54) is 6.07 Å².